The third kappa shape index (κ3) is 10.8. The Hall–Kier alpha value is -2.44. The summed E-state index contributed by atoms with van der Waals surface area (Å²) in [5.74, 6) is -0.404. The summed E-state index contributed by atoms with van der Waals surface area (Å²) in [6.45, 7) is 2.23. The number of hydrogen-bond acceptors (Lipinski definition) is 6. The SMILES string of the molecule is CCCCCCCCCCCCC(=O)O[C@H]1CC[C@H](C(=O)Oc2ccc([N+](=O)[O-])cc2)CC1. The Morgan fingerprint density at radius 1 is 0.879 bits per heavy atom. The molecule has 0 atom stereocenters. The average molecular weight is 462 g/mol. The van der Waals surface area contributed by atoms with E-state index in [9.17, 15) is 19.7 Å². The lowest BCUT2D eigenvalue weighted by atomic mass is 9.87. The van der Waals surface area contributed by atoms with Gasteiger partial charge < -0.3 is 9.47 Å². The fourth-order valence-corrected chi connectivity index (χ4v) is 4.25. The van der Waals surface area contributed by atoms with Crippen LogP contribution in [-0.4, -0.2) is 23.0 Å². The van der Waals surface area contributed by atoms with Gasteiger partial charge in [0.2, 0.25) is 0 Å². The van der Waals surface area contributed by atoms with Crippen LogP contribution < -0.4 is 4.74 Å². The average Bonchev–Trinajstić information content (AvgIpc) is 2.81. The van der Waals surface area contributed by atoms with Crippen LogP contribution in [0.1, 0.15) is 103 Å². The predicted octanol–water partition coefficient (Wildman–Crippen LogP) is 6.91. The fourth-order valence-electron chi connectivity index (χ4n) is 4.25. The summed E-state index contributed by atoms with van der Waals surface area (Å²) in [7, 11) is 0. The first-order valence-corrected chi connectivity index (χ1v) is 12.6. The Balaban J connectivity index is 1.53. The van der Waals surface area contributed by atoms with Gasteiger partial charge in [0.05, 0.1) is 10.8 Å². The van der Waals surface area contributed by atoms with Crippen LogP contribution in [0.4, 0.5) is 5.69 Å². The molecule has 1 aromatic carbocycles. The number of carbonyl (C=O) groups excluding carboxylic acids is 2. The van der Waals surface area contributed by atoms with Crippen LogP contribution in [0.2, 0.25) is 0 Å². The lowest BCUT2D eigenvalue weighted by molar-refractivity contribution is -0.384. The second-order valence-corrected chi connectivity index (χ2v) is 9.07. The maximum atomic E-state index is 12.4. The quantitative estimate of drug-likeness (QED) is 0.0925. The zero-order valence-electron chi connectivity index (χ0n) is 20.0. The predicted molar refractivity (Wildman–Crippen MR) is 127 cm³/mol. The molecule has 0 bridgehead atoms. The Morgan fingerprint density at radius 3 is 1.97 bits per heavy atom. The van der Waals surface area contributed by atoms with Gasteiger partial charge in [-0.3, -0.25) is 19.7 Å². The highest BCUT2D eigenvalue weighted by Crippen LogP contribution is 2.28. The number of rotatable bonds is 15. The highest BCUT2D eigenvalue weighted by atomic mass is 16.6. The molecule has 1 aliphatic carbocycles. The standard InChI is InChI=1S/C26H39NO6/c1-2-3-4-5-6-7-8-9-10-11-12-25(28)32-23-17-13-21(14-18-23)26(29)33-24-19-15-22(16-20-24)27(30)31/h15-16,19-21,23H,2-14,17-18H2,1H3/t21-,23-. The van der Waals surface area contributed by atoms with Gasteiger partial charge in [-0.25, -0.2) is 0 Å². The van der Waals surface area contributed by atoms with E-state index in [2.05, 4.69) is 6.92 Å². The van der Waals surface area contributed by atoms with Crippen molar-refractivity contribution in [2.24, 2.45) is 5.92 Å². The summed E-state index contributed by atoms with van der Waals surface area (Å²) in [4.78, 5) is 34.7. The van der Waals surface area contributed by atoms with Crippen molar-refractivity contribution in [2.45, 2.75) is 109 Å². The smallest absolute Gasteiger partial charge is 0.314 e. The summed E-state index contributed by atoms with van der Waals surface area (Å²) >= 11 is 0. The number of nitrogens with zero attached hydrogens (tertiary/aromatic N) is 1. The molecule has 0 spiro atoms. The van der Waals surface area contributed by atoms with Crippen molar-refractivity contribution in [3.8, 4) is 5.75 Å². The van der Waals surface area contributed by atoms with Gasteiger partial charge in [-0.2, -0.15) is 0 Å². The molecule has 0 aromatic heterocycles. The van der Waals surface area contributed by atoms with E-state index in [1.165, 1.54) is 75.6 Å². The van der Waals surface area contributed by atoms with Crippen LogP contribution in [0.5, 0.6) is 5.75 Å². The molecular formula is C26H39NO6. The molecule has 33 heavy (non-hydrogen) atoms. The number of carbonyl (C=O) groups is 2. The minimum Gasteiger partial charge on any atom is -0.462 e. The van der Waals surface area contributed by atoms with Gasteiger partial charge in [0, 0.05) is 18.6 Å². The number of esters is 2. The number of benzene rings is 1. The van der Waals surface area contributed by atoms with Crippen LogP contribution >= 0.6 is 0 Å². The highest BCUT2D eigenvalue weighted by molar-refractivity contribution is 5.75. The molecule has 1 aromatic rings. The second kappa shape index (κ2) is 15.4. The van der Waals surface area contributed by atoms with Crippen molar-refractivity contribution in [3.05, 3.63) is 34.4 Å². The molecule has 0 N–H and O–H groups in total. The van der Waals surface area contributed by atoms with Gasteiger partial charge >= 0.3 is 11.9 Å². The summed E-state index contributed by atoms with van der Waals surface area (Å²) in [5.41, 5.74) is -0.0464. The van der Waals surface area contributed by atoms with Crippen LogP contribution in [0.3, 0.4) is 0 Å². The van der Waals surface area contributed by atoms with Crippen molar-refractivity contribution < 1.29 is 24.0 Å². The number of hydrogen-bond donors (Lipinski definition) is 0. The van der Waals surface area contributed by atoms with E-state index in [1.54, 1.807) is 0 Å². The molecule has 0 amide bonds. The second-order valence-electron chi connectivity index (χ2n) is 9.07. The van der Waals surface area contributed by atoms with Gasteiger partial charge in [0.15, 0.2) is 0 Å². The maximum Gasteiger partial charge on any atom is 0.314 e. The zero-order chi connectivity index (χ0) is 23.9. The van der Waals surface area contributed by atoms with E-state index in [4.69, 9.17) is 9.47 Å². The van der Waals surface area contributed by atoms with Crippen LogP contribution in [-0.2, 0) is 14.3 Å². The van der Waals surface area contributed by atoms with E-state index in [-0.39, 0.29) is 29.6 Å². The van der Waals surface area contributed by atoms with Crippen molar-refractivity contribution in [1.29, 1.82) is 0 Å². The monoisotopic (exact) mass is 461 g/mol. The van der Waals surface area contributed by atoms with Crippen molar-refractivity contribution in [1.82, 2.24) is 0 Å². The molecule has 1 fully saturated rings. The van der Waals surface area contributed by atoms with E-state index >= 15 is 0 Å². The molecule has 7 nitrogen and oxygen atoms in total. The third-order valence-corrected chi connectivity index (χ3v) is 6.31. The van der Waals surface area contributed by atoms with Crippen LogP contribution in [0.25, 0.3) is 0 Å². The molecule has 2 rings (SSSR count). The lowest BCUT2D eigenvalue weighted by Crippen LogP contribution is -2.30. The van der Waals surface area contributed by atoms with Crippen molar-refractivity contribution >= 4 is 17.6 Å². The largest absolute Gasteiger partial charge is 0.462 e. The molecule has 184 valence electrons. The van der Waals surface area contributed by atoms with Gasteiger partial charge in [0.25, 0.3) is 5.69 Å². The van der Waals surface area contributed by atoms with Gasteiger partial charge in [-0.1, -0.05) is 64.7 Å². The van der Waals surface area contributed by atoms with Crippen molar-refractivity contribution in [2.75, 3.05) is 0 Å². The van der Waals surface area contributed by atoms with Gasteiger partial charge in [0.1, 0.15) is 11.9 Å². The Labute approximate surface area is 197 Å². The first kappa shape index (κ1) is 26.8. The molecule has 0 heterocycles. The molecule has 0 unspecified atom stereocenters. The minimum absolute atomic E-state index is 0.0464. The summed E-state index contributed by atoms with van der Waals surface area (Å²) in [6.07, 6.45) is 15.2. The van der Waals surface area contributed by atoms with Gasteiger partial charge in [-0.05, 0) is 44.2 Å². The molecule has 7 heteroatoms. The van der Waals surface area contributed by atoms with E-state index in [1.807, 2.05) is 0 Å². The zero-order valence-corrected chi connectivity index (χ0v) is 20.0. The summed E-state index contributed by atoms with van der Waals surface area (Å²) in [5, 5.41) is 10.7. The lowest BCUT2D eigenvalue weighted by Gasteiger charge is -2.27. The Kier molecular flexibility index (Phi) is 12.5. The molecular weight excluding hydrogens is 422 g/mol. The molecule has 1 aliphatic rings. The molecule has 0 radical (unpaired) electrons. The normalized spacial score (nSPS) is 18.0. The topological polar surface area (TPSA) is 95.7 Å². The summed E-state index contributed by atoms with van der Waals surface area (Å²) < 4.78 is 11.0. The fraction of sp³-hybridized carbons (Fsp3) is 0.692. The number of nitro benzene ring substituents is 1. The minimum atomic E-state index is -0.495. The molecule has 0 saturated heterocycles. The molecule has 0 aliphatic heterocycles. The Bertz CT molecular complexity index is 725. The van der Waals surface area contributed by atoms with E-state index in [0.29, 0.717) is 37.9 Å². The van der Waals surface area contributed by atoms with Crippen LogP contribution in [0, 0.1) is 16.0 Å². The third-order valence-electron chi connectivity index (χ3n) is 6.31. The number of unbranched alkanes of at least 4 members (excludes halogenated alkanes) is 9. The molecule has 1 saturated carbocycles. The Morgan fingerprint density at radius 2 is 1.42 bits per heavy atom. The summed E-state index contributed by atoms with van der Waals surface area (Å²) in [6, 6.07) is 5.48. The number of ether oxygens (including phenoxy) is 2. The maximum absolute atomic E-state index is 12.4. The first-order valence-electron chi connectivity index (χ1n) is 12.6. The van der Waals surface area contributed by atoms with Gasteiger partial charge in [-0.15, -0.1) is 0 Å². The van der Waals surface area contributed by atoms with E-state index in [0.717, 1.165) is 12.8 Å². The van der Waals surface area contributed by atoms with Crippen molar-refractivity contribution in [3.63, 3.8) is 0 Å². The van der Waals surface area contributed by atoms with E-state index < -0.39 is 4.92 Å². The first-order chi connectivity index (χ1) is 16.0. The highest BCUT2D eigenvalue weighted by Gasteiger charge is 2.29. The number of non-ortho nitro benzene ring substituents is 1. The van der Waals surface area contributed by atoms with Crippen LogP contribution in [0.15, 0.2) is 24.3 Å². The number of nitro groups is 1.